The van der Waals surface area contributed by atoms with E-state index in [0.717, 1.165) is 22.4 Å². The molecule has 0 aliphatic heterocycles. The lowest BCUT2D eigenvalue weighted by molar-refractivity contribution is -0.117. The molecule has 4 rings (SSSR count). The lowest BCUT2D eigenvalue weighted by atomic mass is 10.1. The Kier molecular flexibility index (Phi) is 8.79. The van der Waals surface area contributed by atoms with E-state index in [4.69, 9.17) is 16.6 Å². The first kappa shape index (κ1) is 28.0. The van der Waals surface area contributed by atoms with E-state index >= 15 is 0 Å². The number of amides is 2. The summed E-state index contributed by atoms with van der Waals surface area (Å²) in [6.07, 6.45) is 1.84. The number of carbonyl (C=O) groups excluding carboxylic acids is 2. The Labute approximate surface area is 232 Å². The first-order valence-electron chi connectivity index (χ1n) is 12.5. The van der Waals surface area contributed by atoms with E-state index < -0.39 is 17.6 Å². The lowest BCUT2D eigenvalue weighted by Gasteiger charge is -2.24. The number of hydrogen-bond acceptors (Lipinski definition) is 4. The molecule has 0 unspecified atom stereocenters. The van der Waals surface area contributed by atoms with Crippen LogP contribution in [0.2, 0.25) is 5.02 Å². The summed E-state index contributed by atoms with van der Waals surface area (Å²) in [7, 11) is 3.73. The van der Waals surface area contributed by atoms with Crippen LogP contribution in [0.15, 0.2) is 72.9 Å². The average molecular weight is 548 g/mol. The summed E-state index contributed by atoms with van der Waals surface area (Å²) in [5.74, 6) is -1.32. The molecule has 1 aromatic heterocycles. The molecule has 39 heavy (non-hydrogen) atoms. The number of aryl methyl sites for hydroxylation is 2. The highest BCUT2D eigenvalue weighted by molar-refractivity contribution is 6.30. The van der Waals surface area contributed by atoms with E-state index in [9.17, 15) is 14.0 Å². The van der Waals surface area contributed by atoms with Gasteiger partial charge in [-0.2, -0.15) is 0 Å². The Morgan fingerprint density at radius 2 is 1.69 bits per heavy atom. The average Bonchev–Trinajstić information content (AvgIpc) is 3.31. The minimum absolute atomic E-state index is 0.0780. The van der Waals surface area contributed by atoms with Gasteiger partial charge in [-0.25, -0.2) is 9.37 Å². The molecule has 0 fully saturated rings. The Balaban J connectivity index is 1.64. The van der Waals surface area contributed by atoms with Gasteiger partial charge in [-0.15, -0.1) is 0 Å². The molecule has 9 heteroatoms. The molecule has 3 aromatic carbocycles. The quantitative estimate of drug-likeness (QED) is 0.296. The van der Waals surface area contributed by atoms with Gasteiger partial charge in [0, 0.05) is 35.6 Å². The summed E-state index contributed by atoms with van der Waals surface area (Å²) in [5.41, 5.74) is 4.47. The van der Waals surface area contributed by atoms with Crippen molar-refractivity contribution >= 4 is 29.4 Å². The summed E-state index contributed by atoms with van der Waals surface area (Å²) >= 11 is 6.06. The molecule has 0 spiro atoms. The predicted molar refractivity (Wildman–Crippen MR) is 153 cm³/mol. The van der Waals surface area contributed by atoms with Crippen LogP contribution in [0.4, 0.5) is 10.3 Å². The zero-order valence-electron chi connectivity index (χ0n) is 22.4. The van der Waals surface area contributed by atoms with Crippen molar-refractivity contribution in [3.05, 3.63) is 100 Å². The van der Waals surface area contributed by atoms with Crippen molar-refractivity contribution in [3.8, 4) is 16.9 Å². The molecule has 0 bridgehead atoms. The fourth-order valence-electron chi connectivity index (χ4n) is 4.02. The second-order valence-electron chi connectivity index (χ2n) is 9.65. The van der Waals surface area contributed by atoms with Crippen LogP contribution in [0.25, 0.3) is 16.9 Å². The van der Waals surface area contributed by atoms with Gasteiger partial charge in [-0.05, 0) is 75.5 Å². The van der Waals surface area contributed by atoms with Crippen molar-refractivity contribution in [2.24, 2.45) is 0 Å². The molecular formula is C30H31ClFN5O2. The van der Waals surface area contributed by atoms with Gasteiger partial charge in [0.15, 0.2) is 0 Å². The number of benzene rings is 3. The summed E-state index contributed by atoms with van der Waals surface area (Å²) < 4.78 is 16.2. The molecular weight excluding hydrogens is 517 g/mol. The minimum atomic E-state index is -0.629. The van der Waals surface area contributed by atoms with Crippen LogP contribution in [0.1, 0.15) is 21.5 Å². The van der Waals surface area contributed by atoms with Crippen LogP contribution in [0.5, 0.6) is 0 Å². The van der Waals surface area contributed by atoms with Crippen LogP contribution in [0, 0.1) is 19.7 Å². The molecule has 1 N–H and O–H groups in total. The molecule has 1 heterocycles. The molecule has 4 aromatic rings. The molecule has 0 saturated carbocycles. The van der Waals surface area contributed by atoms with Crippen molar-refractivity contribution in [2.75, 3.05) is 39.0 Å². The SMILES string of the molecule is Cc1ccc(-n2cc(-c3ccc(Cl)cc3)nc2NC(=O)CN(CCN(C)C)C(=O)c2ccccc2F)cc1C. The van der Waals surface area contributed by atoms with E-state index in [1.54, 1.807) is 22.8 Å². The predicted octanol–water partition coefficient (Wildman–Crippen LogP) is 5.59. The number of nitrogens with one attached hydrogen (secondary N) is 1. The topological polar surface area (TPSA) is 70.5 Å². The van der Waals surface area contributed by atoms with Crippen LogP contribution in [0.3, 0.4) is 0 Å². The molecule has 0 atom stereocenters. The number of anilines is 1. The molecule has 0 aliphatic rings. The first-order valence-corrected chi connectivity index (χ1v) is 12.9. The first-order chi connectivity index (χ1) is 18.6. The van der Waals surface area contributed by atoms with Crippen LogP contribution in [-0.4, -0.2) is 64.9 Å². The number of hydrogen-bond donors (Lipinski definition) is 1. The van der Waals surface area contributed by atoms with E-state index in [0.29, 0.717) is 23.2 Å². The van der Waals surface area contributed by atoms with Gasteiger partial charge in [0.25, 0.3) is 5.91 Å². The summed E-state index contributed by atoms with van der Waals surface area (Å²) in [6.45, 7) is 4.53. The third-order valence-electron chi connectivity index (χ3n) is 6.41. The van der Waals surface area contributed by atoms with Crippen LogP contribution in [-0.2, 0) is 4.79 Å². The standard InChI is InChI=1S/C30H31ClFN5O2/c1-20-9-14-24(17-21(20)2)37-18-27(22-10-12-23(31)13-11-22)33-30(37)34-28(38)19-36(16-15-35(3)4)29(39)25-7-5-6-8-26(25)32/h5-14,17-18H,15-16,19H2,1-4H3,(H,33,34,38). The lowest BCUT2D eigenvalue weighted by Crippen LogP contribution is -2.42. The highest BCUT2D eigenvalue weighted by Gasteiger charge is 2.23. The molecule has 2 amide bonds. The van der Waals surface area contributed by atoms with Gasteiger partial charge in [-0.1, -0.05) is 41.9 Å². The van der Waals surface area contributed by atoms with Crippen LogP contribution >= 0.6 is 11.6 Å². The van der Waals surface area contributed by atoms with Crippen LogP contribution < -0.4 is 5.32 Å². The van der Waals surface area contributed by atoms with E-state index in [-0.39, 0.29) is 18.7 Å². The Morgan fingerprint density at radius 1 is 0.974 bits per heavy atom. The molecule has 0 radical (unpaired) electrons. The second-order valence-corrected chi connectivity index (χ2v) is 10.1. The van der Waals surface area contributed by atoms with Crippen molar-refractivity contribution in [1.29, 1.82) is 0 Å². The number of nitrogens with zero attached hydrogens (tertiary/aromatic N) is 4. The number of halogens is 2. The highest BCUT2D eigenvalue weighted by Crippen LogP contribution is 2.26. The van der Waals surface area contributed by atoms with Gasteiger partial charge in [0.2, 0.25) is 11.9 Å². The van der Waals surface area contributed by atoms with E-state index in [2.05, 4.69) is 5.32 Å². The molecule has 0 aliphatic carbocycles. The number of carbonyl (C=O) groups is 2. The molecule has 0 saturated heterocycles. The van der Waals surface area contributed by atoms with Crippen molar-refractivity contribution in [3.63, 3.8) is 0 Å². The van der Waals surface area contributed by atoms with Gasteiger partial charge < -0.3 is 9.80 Å². The van der Waals surface area contributed by atoms with E-state index in [1.807, 2.05) is 69.4 Å². The largest absolute Gasteiger partial charge is 0.328 e. The normalized spacial score (nSPS) is 11.1. The number of rotatable bonds is 9. The summed E-state index contributed by atoms with van der Waals surface area (Å²) in [6, 6.07) is 19.0. The molecule has 7 nitrogen and oxygen atoms in total. The Bertz CT molecular complexity index is 1480. The Hall–Kier alpha value is -4.01. The van der Waals surface area contributed by atoms with E-state index in [1.165, 1.54) is 23.1 Å². The maximum absolute atomic E-state index is 14.4. The minimum Gasteiger partial charge on any atom is -0.328 e. The summed E-state index contributed by atoms with van der Waals surface area (Å²) in [4.78, 5) is 34.4. The maximum Gasteiger partial charge on any atom is 0.257 e. The number of imidazole rings is 1. The van der Waals surface area contributed by atoms with Gasteiger partial charge in [0.1, 0.15) is 12.4 Å². The van der Waals surface area contributed by atoms with Crippen molar-refractivity contribution in [1.82, 2.24) is 19.4 Å². The zero-order valence-corrected chi connectivity index (χ0v) is 23.2. The zero-order chi connectivity index (χ0) is 28.1. The third kappa shape index (κ3) is 6.90. The Morgan fingerprint density at radius 3 is 2.36 bits per heavy atom. The maximum atomic E-state index is 14.4. The summed E-state index contributed by atoms with van der Waals surface area (Å²) in [5, 5.41) is 3.48. The monoisotopic (exact) mass is 547 g/mol. The second kappa shape index (κ2) is 12.2. The van der Waals surface area contributed by atoms with Gasteiger partial charge >= 0.3 is 0 Å². The smallest absolute Gasteiger partial charge is 0.257 e. The van der Waals surface area contributed by atoms with Crippen molar-refractivity contribution < 1.29 is 14.0 Å². The van der Waals surface area contributed by atoms with Gasteiger partial charge in [0.05, 0.1) is 11.3 Å². The highest BCUT2D eigenvalue weighted by atomic mass is 35.5. The fraction of sp³-hybridized carbons (Fsp3) is 0.233. The third-order valence-corrected chi connectivity index (χ3v) is 6.66. The number of likely N-dealkylation sites (N-methyl/N-ethyl adjacent to an activating group) is 1. The fourth-order valence-corrected chi connectivity index (χ4v) is 4.14. The van der Waals surface area contributed by atoms with Gasteiger partial charge in [-0.3, -0.25) is 19.5 Å². The molecule has 202 valence electrons. The van der Waals surface area contributed by atoms with Crippen molar-refractivity contribution in [2.45, 2.75) is 13.8 Å². The number of aromatic nitrogens is 2.